The number of nitrogens with two attached hydrogens (primary N) is 1. The third-order valence-corrected chi connectivity index (χ3v) is 3.24. The van der Waals surface area contributed by atoms with Gasteiger partial charge < -0.3 is 11.1 Å². The maximum atomic E-state index is 13.4. The Morgan fingerprint density at radius 3 is 2.50 bits per heavy atom. The minimum atomic E-state index is -0.787. The van der Waals surface area contributed by atoms with E-state index in [1.54, 1.807) is 18.2 Å². The molecule has 0 saturated carbocycles. The second-order valence-corrected chi connectivity index (χ2v) is 4.91. The van der Waals surface area contributed by atoms with Gasteiger partial charge in [0.1, 0.15) is 5.82 Å². The van der Waals surface area contributed by atoms with Crippen molar-refractivity contribution in [1.82, 2.24) is 0 Å². The van der Waals surface area contributed by atoms with E-state index in [-0.39, 0.29) is 11.6 Å². The molecule has 1 atom stereocenters. The summed E-state index contributed by atoms with van der Waals surface area (Å²) in [4.78, 5) is 11.1. The van der Waals surface area contributed by atoms with Crippen molar-refractivity contribution in [2.45, 2.75) is 13.0 Å². The molecule has 0 bridgehead atoms. The van der Waals surface area contributed by atoms with Crippen LogP contribution in [0.2, 0.25) is 5.02 Å². The summed E-state index contributed by atoms with van der Waals surface area (Å²) in [7, 11) is 0. The number of hydrogen-bond donors (Lipinski definition) is 2. The molecule has 0 aliphatic rings. The van der Waals surface area contributed by atoms with Crippen LogP contribution in [0.1, 0.15) is 28.9 Å². The lowest BCUT2D eigenvalue weighted by atomic mass is 10.1. The molecule has 1 unspecified atom stereocenters. The molecule has 3 nitrogen and oxygen atoms in total. The van der Waals surface area contributed by atoms with Crippen LogP contribution in [0.15, 0.2) is 42.5 Å². The smallest absolute Gasteiger partial charge is 0.251 e. The Hall–Kier alpha value is -2.07. The van der Waals surface area contributed by atoms with E-state index < -0.39 is 11.7 Å². The van der Waals surface area contributed by atoms with Gasteiger partial charge in [-0.1, -0.05) is 23.7 Å². The van der Waals surface area contributed by atoms with Crippen molar-refractivity contribution < 1.29 is 9.18 Å². The van der Waals surface area contributed by atoms with Crippen LogP contribution in [0.3, 0.4) is 0 Å². The Balaban J connectivity index is 2.19. The summed E-state index contributed by atoms with van der Waals surface area (Å²) in [5, 5.41) is 3.85. The number of carbonyl (C=O) groups is 1. The normalized spacial score (nSPS) is 11.9. The topological polar surface area (TPSA) is 55.1 Å². The minimum Gasteiger partial charge on any atom is -0.378 e. The van der Waals surface area contributed by atoms with E-state index in [1.807, 2.05) is 19.1 Å². The zero-order chi connectivity index (χ0) is 14.7. The van der Waals surface area contributed by atoms with Gasteiger partial charge in [-0.2, -0.15) is 0 Å². The van der Waals surface area contributed by atoms with Crippen LogP contribution in [0, 0.1) is 5.82 Å². The summed E-state index contributed by atoms with van der Waals surface area (Å²) in [5.41, 5.74) is 6.65. The first kappa shape index (κ1) is 14.3. The zero-order valence-electron chi connectivity index (χ0n) is 10.9. The lowest BCUT2D eigenvalue weighted by Crippen LogP contribution is -2.14. The van der Waals surface area contributed by atoms with Gasteiger partial charge in [-0.3, -0.25) is 4.79 Å². The molecule has 0 radical (unpaired) electrons. The summed E-state index contributed by atoms with van der Waals surface area (Å²) < 4.78 is 13.4. The molecular formula is C15H14ClFN2O. The van der Waals surface area contributed by atoms with E-state index >= 15 is 0 Å². The molecule has 20 heavy (non-hydrogen) atoms. The van der Waals surface area contributed by atoms with E-state index in [1.165, 1.54) is 12.1 Å². The fourth-order valence-corrected chi connectivity index (χ4v) is 2.01. The summed E-state index contributed by atoms with van der Waals surface area (Å²) in [5.74, 6) is -1.41. The molecule has 5 heteroatoms. The second-order valence-electron chi connectivity index (χ2n) is 4.48. The number of rotatable bonds is 4. The van der Waals surface area contributed by atoms with Crippen LogP contribution in [0.25, 0.3) is 0 Å². The van der Waals surface area contributed by atoms with Gasteiger partial charge in [0.15, 0.2) is 0 Å². The van der Waals surface area contributed by atoms with Crippen molar-refractivity contribution in [3.63, 3.8) is 0 Å². The Bertz CT molecular complexity index is 628. The fraction of sp³-hybridized carbons (Fsp3) is 0.133. The third-order valence-electron chi connectivity index (χ3n) is 2.98. The Morgan fingerprint density at radius 1 is 1.25 bits per heavy atom. The van der Waals surface area contributed by atoms with Crippen molar-refractivity contribution in [2.75, 3.05) is 5.32 Å². The van der Waals surface area contributed by atoms with Gasteiger partial charge in [-0.25, -0.2) is 4.39 Å². The SMILES string of the molecule is CC(Nc1ccc(F)c(C(N)=O)c1)c1ccc(Cl)cc1. The van der Waals surface area contributed by atoms with E-state index in [9.17, 15) is 9.18 Å². The lowest BCUT2D eigenvalue weighted by molar-refractivity contribution is 0.0996. The van der Waals surface area contributed by atoms with Gasteiger partial charge >= 0.3 is 0 Å². The monoisotopic (exact) mass is 292 g/mol. The highest BCUT2D eigenvalue weighted by Gasteiger charge is 2.11. The minimum absolute atomic E-state index is 0.0153. The summed E-state index contributed by atoms with van der Waals surface area (Å²) >= 11 is 5.84. The summed E-state index contributed by atoms with van der Waals surface area (Å²) in [6.45, 7) is 1.95. The molecule has 0 heterocycles. The van der Waals surface area contributed by atoms with Gasteiger partial charge in [0.25, 0.3) is 5.91 Å². The number of nitrogens with one attached hydrogen (secondary N) is 1. The molecule has 0 spiro atoms. The van der Waals surface area contributed by atoms with Crippen molar-refractivity contribution in [3.8, 4) is 0 Å². The fourth-order valence-electron chi connectivity index (χ4n) is 1.89. The van der Waals surface area contributed by atoms with Crippen LogP contribution >= 0.6 is 11.6 Å². The number of amides is 1. The number of carbonyl (C=O) groups excluding carboxylic acids is 1. The van der Waals surface area contributed by atoms with Crippen LogP contribution in [0.5, 0.6) is 0 Å². The predicted octanol–water partition coefficient (Wildman–Crippen LogP) is 3.75. The van der Waals surface area contributed by atoms with Crippen molar-refractivity contribution in [3.05, 3.63) is 64.4 Å². The molecule has 104 valence electrons. The average molecular weight is 293 g/mol. The molecule has 0 aliphatic carbocycles. The molecule has 0 fully saturated rings. The summed E-state index contributed by atoms with van der Waals surface area (Å²) in [6.07, 6.45) is 0. The number of anilines is 1. The number of halogens is 2. The maximum absolute atomic E-state index is 13.4. The molecule has 1 amide bonds. The summed E-state index contributed by atoms with van der Waals surface area (Å²) in [6, 6.07) is 11.6. The first-order valence-electron chi connectivity index (χ1n) is 6.08. The Labute approximate surface area is 121 Å². The predicted molar refractivity (Wildman–Crippen MR) is 78.4 cm³/mol. The molecule has 2 rings (SSSR count). The highest BCUT2D eigenvalue weighted by molar-refractivity contribution is 6.30. The Morgan fingerprint density at radius 2 is 1.90 bits per heavy atom. The van der Waals surface area contributed by atoms with E-state index in [2.05, 4.69) is 5.32 Å². The lowest BCUT2D eigenvalue weighted by Gasteiger charge is -2.16. The molecule has 0 saturated heterocycles. The quantitative estimate of drug-likeness (QED) is 0.901. The molecular weight excluding hydrogens is 279 g/mol. The van der Waals surface area contributed by atoms with Gasteiger partial charge in [0.05, 0.1) is 5.56 Å². The Kier molecular flexibility index (Phi) is 4.25. The number of hydrogen-bond acceptors (Lipinski definition) is 2. The standard InChI is InChI=1S/C15H14ClFN2O/c1-9(10-2-4-11(16)5-3-10)19-12-6-7-14(17)13(8-12)15(18)20/h2-9,19H,1H3,(H2,18,20). The molecule has 2 aromatic carbocycles. The van der Waals surface area contributed by atoms with Crippen LogP contribution < -0.4 is 11.1 Å². The first-order chi connectivity index (χ1) is 9.47. The van der Waals surface area contributed by atoms with Crippen molar-refractivity contribution in [2.24, 2.45) is 5.73 Å². The number of benzene rings is 2. The van der Waals surface area contributed by atoms with E-state index in [0.29, 0.717) is 10.7 Å². The largest absolute Gasteiger partial charge is 0.378 e. The first-order valence-corrected chi connectivity index (χ1v) is 6.46. The van der Waals surface area contributed by atoms with Crippen LogP contribution in [-0.4, -0.2) is 5.91 Å². The maximum Gasteiger partial charge on any atom is 0.251 e. The zero-order valence-corrected chi connectivity index (χ0v) is 11.6. The van der Waals surface area contributed by atoms with Crippen LogP contribution in [-0.2, 0) is 0 Å². The average Bonchev–Trinajstić information content (AvgIpc) is 2.41. The van der Waals surface area contributed by atoms with Gasteiger partial charge in [0.2, 0.25) is 0 Å². The molecule has 0 aliphatic heterocycles. The van der Waals surface area contributed by atoms with Gasteiger partial charge in [0, 0.05) is 16.8 Å². The molecule has 0 aromatic heterocycles. The van der Waals surface area contributed by atoms with E-state index in [0.717, 1.165) is 5.56 Å². The molecule has 2 aromatic rings. The van der Waals surface area contributed by atoms with Crippen molar-refractivity contribution >= 4 is 23.2 Å². The molecule has 3 N–H and O–H groups in total. The highest BCUT2D eigenvalue weighted by atomic mass is 35.5. The van der Waals surface area contributed by atoms with Gasteiger partial charge in [-0.05, 0) is 42.8 Å². The van der Waals surface area contributed by atoms with E-state index in [4.69, 9.17) is 17.3 Å². The second kappa shape index (κ2) is 5.92. The van der Waals surface area contributed by atoms with Gasteiger partial charge in [-0.15, -0.1) is 0 Å². The highest BCUT2D eigenvalue weighted by Crippen LogP contribution is 2.22. The number of primary amides is 1. The van der Waals surface area contributed by atoms with Crippen LogP contribution in [0.4, 0.5) is 10.1 Å². The van der Waals surface area contributed by atoms with Crippen molar-refractivity contribution in [1.29, 1.82) is 0 Å². The third kappa shape index (κ3) is 3.27.